The molecule has 1 unspecified atom stereocenters. The van der Waals surface area contributed by atoms with E-state index in [-0.39, 0.29) is 19.6 Å². The van der Waals surface area contributed by atoms with Gasteiger partial charge in [0, 0.05) is 37.3 Å². The van der Waals surface area contributed by atoms with Gasteiger partial charge in [-0.2, -0.15) is 13.2 Å². The second-order valence-corrected chi connectivity index (χ2v) is 6.88. The molecule has 1 atom stereocenters. The van der Waals surface area contributed by atoms with Crippen LogP contribution in [-0.2, 0) is 15.1 Å². The molecule has 1 aromatic heterocycles. The van der Waals surface area contributed by atoms with Gasteiger partial charge in [-0.25, -0.2) is 9.78 Å². The molecule has 1 aliphatic rings. The van der Waals surface area contributed by atoms with E-state index in [0.29, 0.717) is 30.0 Å². The van der Waals surface area contributed by atoms with Crippen LogP contribution in [0.4, 0.5) is 18.0 Å². The van der Waals surface area contributed by atoms with Crippen LogP contribution in [0.2, 0.25) is 0 Å². The molecule has 2 heterocycles. The molecule has 146 valence electrons. The second-order valence-electron chi connectivity index (χ2n) is 6.02. The van der Waals surface area contributed by atoms with Crippen LogP contribution in [-0.4, -0.2) is 71.4 Å². The normalized spacial score (nSPS) is 18.2. The Balaban J connectivity index is 2.14. The predicted molar refractivity (Wildman–Crippen MR) is 86.6 cm³/mol. The number of thiazole rings is 1. The third-order valence-corrected chi connectivity index (χ3v) is 5.24. The van der Waals surface area contributed by atoms with Crippen LogP contribution < -0.4 is 0 Å². The van der Waals surface area contributed by atoms with Crippen LogP contribution >= 0.6 is 11.3 Å². The summed E-state index contributed by atoms with van der Waals surface area (Å²) in [6.07, 6.45) is -6.34. The van der Waals surface area contributed by atoms with Crippen LogP contribution in [0, 0.1) is 6.92 Å². The number of amides is 2. The maximum Gasteiger partial charge on any atom is 0.424 e. The highest BCUT2D eigenvalue weighted by molar-refractivity contribution is 7.09. The van der Waals surface area contributed by atoms with Crippen molar-refractivity contribution >= 4 is 23.3 Å². The molecule has 11 heteroatoms. The topological polar surface area (TPSA) is 83.0 Å². The molecule has 0 saturated carbocycles. The Bertz CT molecular complexity index is 667. The number of methoxy groups -OCH3 is 1. The van der Waals surface area contributed by atoms with Gasteiger partial charge >= 0.3 is 12.3 Å². The molecule has 1 aliphatic heterocycles. The van der Waals surface area contributed by atoms with Crippen molar-refractivity contribution in [3.63, 3.8) is 0 Å². The number of aryl methyl sites for hydroxylation is 1. The lowest BCUT2D eigenvalue weighted by atomic mass is 9.98. The standard InChI is InChI=1S/C15H20F3N3O4S/c1-10-9-26-12(19-10)14(24,15(16,17)18)8-11(22)20-4-3-5-21(7-6-20)13(23)25-2/h9,24H,3-8H2,1-2H3. The molecular formula is C15H20F3N3O4S. The van der Waals surface area contributed by atoms with Gasteiger partial charge in [-0.05, 0) is 13.3 Å². The number of carbonyl (C=O) groups is 2. The Labute approximate surface area is 152 Å². The SMILES string of the molecule is COC(=O)N1CCCN(C(=O)CC(O)(c2nc(C)cs2)C(F)(F)F)CC1. The van der Waals surface area contributed by atoms with Gasteiger partial charge < -0.3 is 19.6 Å². The van der Waals surface area contributed by atoms with Crippen LogP contribution in [0.3, 0.4) is 0 Å². The van der Waals surface area contributed by atoms with Crippen molar-refractivity contribution in [2.75, 3.05) is 33.3 Å². The highest BCUT2D eigenvalue weighted by Gasteiger charge is 2.58. The number of halogens is 3. The van der Waals surface area contributed by atoms with E-state index >= 15 is 0 Å². The van der Waals surface area contributed by atoms with Gasteiger partial charge in [0.15, 0.2) is 0 Å². The van der Waals surface area contributed by atoms with Crippen molar-refractivity contribution in [3.05, 3.63) is 16.1 Å². The Hall–Kier alpha value is -1.88. The summed E-state index contributed by atoms with van der Waals surface area (Å²) >= 11 is 0.662. The maximum absolute atomic E-state index is 13.5. The first-order valence-electron chi connectivity index (χ1n) is 7.91. The quantitative estimate of drug-likeness (QED) is 0.845. The third-order valence-electron chi connectivity index (χ3n) is 4.13. The van der Waals surface area contributed by atoms with E-state index in [4.69, 9.17) is 0 Å². The molecule has 26 heavy (non-hydrogen) atoms. The number of alkyl halides is 3. The Kier molecular flexibility index (Phi) is 6.12. The van der Waals surface area contributed by atoms with Gasteiger partial charge in [-0.1, -0.05) is 0 Å². The second kappa shape index (κ2) is 7.78. The fraction of sp³-hybridized carbons (Fsp3) is 0.667. The molecule has 0 aliphatic carbocycles. The number of hydrogen-bond donors (Lipinski definition) is 1. The minimum Gasteiger partial charge on any atom is -0.453 e. The van der Waals surface area contributed by atoms with E-state index in [1.54, 1.807) is 0 Å². The van der Waals surface area contributed by atoms with Crippen LogP contribution in [0.15, 0.2) is 5.38 Å². The molecule has 0 spiro atoms. The van der Waals surface area contributed by atoms with Crippen molar-refractivity contribution in [2.45, 2.75) is 31.5 Å². The molecule has 2 rings (SSSR count). The van der Waals surface area contributed by atoms with E-state index in [1.807, 2.05) is 0 Å². The van der Waals surface area contributed by atoms with Crippen molar-refractivity contribution < 1.29 is 32.6 Å². The van der Waals surface area contributed by atoms with Crippen molar-refractivity contribution in [3.8, 4) is 0 Å². The van der Waals surface area contributed by atoms with Crippen molar-refractivity contribution in [1.82, 2.24) is 14.8 Å². The Morgan fingerprint density at radius 3 is 2.42 bits per heavy atom. The van der Waals surface area contributed by atoms with Crippen LogP contribution in [0.25, 0.3) is 0 Å². The zero-order chi connectivity index (χ0) is 19.5. The van der Waals surface area contributed by atoms with Crippen LogP contribution in [0.5, 0.6) is 0 Å². The van der Waals surface area contributed by atoms with E-state index in [1.165, 1.54) is 29.2 Å². The van der Waals surface area contributed by atoms with Crippen LogP contribution in [0.1, 0.15) is 23.5 Å². The summed E-state index contributed by atoms with van der Waals surface area (Å²) in [5.41, 5.74) is -3.00. The fourth-order valence-electron chi connectivity index (χ4n) is 2.65. The molecule has 1 fully saturated rings. The lowest BCUT2D eigenvalue weighted by molar-refractivity contribution is -0.268. The lowest BCUT2D eigenvalue weighted by Gasteiger charge is -2.30. The summed E-state index contributed by atoms with van der Waals surface area (Å²) in [6, 6.07) is 0. The van der Waals surface area contributed by atoms with Gasteiger partial charge in [0.05, 0.1) is 13.5 Å². The van der Waals surface area contributed by atoms with E-state index < -0.39 is 35.2 Å². The predicted octanol–water partition coefficient (Wildman–Crippen LogP) is 1.89. The summed E-state index contributed by atoms with van der Waals surface area (Å²) < 4.78 is 45.1. The summed E-state index contributed by atoms with van der Waals surface area (Å²) in [6.45, 7) is 2.26. The first kappa shape index (κ1) is 20.4. The molecule has 1 N–H and O–H groups in total. The highest BCUT2D eigenvalue weighted by Crippen LogP contribution is 2.43. The Morgan fingerprint density at radius 2 is 1.88 bits per heavy atom. The summed E-state index contributed by atoms with van der Waals surface area (Å²) in [5.74, 6) is -0.843. The largest absolute Gasteiger partial charge is 0.453 e. The average Bonchev–Trinajstić information content (AvgIpc) is 2.86. The maximum atomic E-state index is 13.5. The zero-order valence-corrected chi connectivity index (χ0v) is 15.2. The third kappa shape index (κ3) is 4.26. The van der Waals surface area contributed by atoms with Gasteiger partial charge in [0.25, 0.3) is 0 Å². The number of rotatable bonds is 3. The summed E-state index contributed by atoms with van der Waals surface area (Å²) in [5, 5.41) is 11.1. The van der Waals surface area contributed by atoms with Gasteiger partial charge in [0.1, 0.15) is 5.01 Å². The minimum atomic E-state index is -5.04. The number of hydrogen-bond acceptors (Lipinski definition) is 6. The van der Waals surface area contributed by atoms with Crippen molar-refractivity contribution in [2.24, 2.45) is 0 Å². The fourth-order valence-corrected chi connectivity index (χ4v) is 3.56. The van der Waals surface area contributed by atoms with Gasteiger partial charge in [0.2, 0.25) is 11.5 Å². The number of ether oxygens (including phenoxy) is 1. The first-order chi connectivity index (χ1) is 12.1. The smallest absolute Gasteiger partial charge is 0.424 e. The number of nitrogens with zero attached hydrogens (tertiary/aromatic N) is 3. The molecule has 7 nitrogen and oxygen atoms in total. The minimum absolute atomic E-state index is 0.0682. The Morgan fingerprint density at radius 1 is 1.27 bits per heavy atom. The van der Waals surface area contributed by atoms with Gasteiger partial charge in [-0.15, -0.1) is 11.3 Å². The number of carbonyl (C=O) groups excluding carboxylic acids is 2. The molecule has 2 amide bonds. The lowest BCUT2D eigenvalue weighted by Crippen LogP contribution is -2.47. The monoisotopic (exact) mass is 395 g/mol. The van der Waals surface area contributed by atoms with Gasteiger partial charge in [-0.3, -0.25) is 4.79 Å². The van der Waals surface area contributed by atoms with E-state index in [0.717, 1.165) is 0 Å². The van der Waals surface area contributed by atoms with Crippen molar-refractivity contribution in [1.29, 1.82) is 0 Å². The first-order valence-corrected chi connectivity index (χ1v) is 8.79. The molecule has 1 saturated heterocycles. The number of aromatic nitrogens is 1. The molecule has 0 bridgehead atoms. The zero-order valence-electron chi connectivity index (χ0n) is 14.4. The highest BCUT2D eigenvalue weighted by atomic mass is 32.1. The molecule has 1 aromatic rings. The molecule has 0 radical (unpaired) electrons. The van der Waals surface area contributed by atoms with E-state index in [2.05, 4.69) is 9.72 Å². The number of aliphatic hydroxyl groups is 1. The molecular weight excluding hydrogens is 375 g/mol. The summed E-state index contributed by atoms with van der Waals surface area (Å²) in [4.78, 5) is 30.3. The van der Waals surface area contributed by atoms with E-state index in [9.17, 15) is 27.9 Å². The summed E-state index contributed by atoms with van der Waals surface area (Å²) in [7, 11) is 1.23. The average molecular weight is 395 g/mol. The molecule has 0 aromatic carbocycles.